The molecular formula is C62H45BN4O. The summed E-state index contributed by atoms with van der Waals surface area (Å²) >= 11 is 0. The number of hydrogen-bond acceptors (Lipinski definition) is 3. The fraction of sp³-hybridized carbons (Fsp3) is 0.113. The van der Waals surface area contributed by atoms with Crippen molar-refractivity contribution in [3.63, 3.8) is 0 Å². The van der Waals surface area contributed by atoms with Gasteiger partial charge in [-0.25, -0.2) is 4.98 Å². The highest BCUT2D eigenvalue weighted by Gasteiger charge is 2.45. The Bertz CT molecular complexity index is 4150. The molecule has 3 aromatic heterocycles. The summed E-state index contributed by atoms with van der Waals surface area (Å²) in [6, 6.07) is 67.5. The molecule has 6 heteroatoms. The van der Waals surface area contributed by atoms with E-state index in [-0.39, 0.29) is 17.7 Å². The minimum atomic E-state index is -0.181. The van der Waals surface area contributed by atoms with Crippen LogP contribution in [-0.2, 0) is 10.8 Å². The normalized spacial score (nSPS) is 14.3. The maximum absolute atomic E-state index is 6.68. The molecule has 0 N–H and O–H groups in total. The first kappa shape index (κ1) is 38.1. The molecule has 1 aliphatic carbocycles. The second-order valence-electron chi connectivity index (χ2n) is 20.7. The van der Waals surface area contributed by atoms with E-state index in [0.29, 0.717) is 0 Å². The van der Waals surface area contributed by atoms with Gasteiger partial charge in [0.15, 0.2) is 0 Å². The van der Waals surface area contributed by atoms with Gasteiger partial charge in [0, 0.05) is 60.8 Å². The summed E-state index contributed by atoms with van der Waals surface area (Å²) in [7, 11) is 0. The zero-order chi connectivity index (χ0) is 45.4. The molecule has 3 aliphatic rings. The zero-order valence-electron chi connectivity index (χ0n) is 38.6. The topological polar surface area (TPSA) is 39.1 Å². The monoisotopic (exact) mass is 872 g/mol. The summed E-state index contributed by atoms with van der Waals surface area (Å²) in [4.78, 5) is 8.22. The van der Waals surface area contributed by atoms with Gasteiger partial charge in [0.1, 0.15) is 17.0 Å². The van der Waals surface area contributed by atoms with Crippen LogP contribution in [0.25, 0.3) is 99.8 Å². The number of nitrogens with zero attached hydrogens (tertiary/aromatic N) is 4. The van der Waals surface area contributed by atoms with E-state index in [1.807, 2.05) is 0 Å². The van der Waals surface area contributed by atoms with Gasteiger partial charge in [0.05, 0.1) is 22.1 Å². The van der Waals surface area contributed by atoms with Crippen molar-refractivity contribution >= 4 is 83.9 Å². The number of fused-ring (bicyclic) bond motifs is 15. The van der Waals surface area contributed by atoms with Crippen LogP contribution in [0.3, 0.4) is 0 Å². The van der Waals surface area contributed by atoms with E-state index in [2.05, 4.69) is 231 Å². The van der Waals surface area contributed by atoms with Gasteiger partial charge in [-0.1, -0.05) is 150 Å². The summed E-state index contributed by atoms with van der Waals surface area (Å²) < 4.78 is 11.6. The molecule has 0 amide bonds. The van der Waals surface area contributed by atoms with Crippen LogP contribution in [0.15, 0.2) is 186 Å². The van der Waals surface area contributed by atoms with Crippen molar-refractivity contribution in [3.8, 4) is 45.0 Å². The van der Waals surface area contributed by atoms with Gasteiger partial charge >= 0.3 is 6.85 Å². The number of benzene rings is 9. The molecule has 0 spiro atoms. The first-order valence-corrected chi connectivity index (χ1v) is 23.9. The van der Waals surface area contributed by atoms with E-state index >= 15 is 0 Å². The fourth-order valence-corrected chi connectivity index (χ4v) is 12.4. The SMILES string of the molecule is CC(C)(C)c1ccc(N2B3c4cc5nc(-c6ccccc6)n(-c6ccccc6)c5cc4-n4c5cc6c(cc5c5ccc(c3c54)-c3cc4oc5ccccc5c4cc32)C(C)(C)c2ccccc2-6)cc1. The van der Waals surface area contributed by atoms with Crippen LogP contribution in [0.5, 0.6) is 0 Å². The molecule has 5 heterocycles. The first-order valence-electron chi connectivity index (χ1n) is 23.9. The average Bonchev–Trinajstić information content (AvgIpc) is 4.08. The van der Waals surface area contributed by atoms with Crippen molar-refractivity contribution in [3.05, 3.63) is 199 Å². The third-order valence-electron chi connectivity index (χ3n) is 15.6. The van der Waals surface area contributed by atoms with Gasteiger partial charge in [-0.05, 0) is 116 Å². The van der Waals surface area contributed by atoms with Crippen LogP contribution in [0.4, 0.5) is 11.4 Å². The Balaban J connectivity index is 1.12. The molecule has 15 rings (SSSR count). The van der Waals surface area contributed by atoms with Crippen LogP contribution in [-0.4, -0.2) is 21.0 Å². The van der Waals surface area contributed by atoms with Gasteiger partial charge < -0.3 is 13.8 Å². The Hall–Kier alpha value is -8.09. The van der Waals surface area contributed by atoms with Crippen LogP contribution in [0, 0.1) is 0 Å². The molecular weight excluding hydrogens is 828 g/mol. The summed E-state index contributed by atoms with van der Waals surface area (Å²) in [5.74, 6) is 0.921. The van der Waals surface area contributed by atoms with Gasteiger partial charge in [-0.2, -0.15) is 0 Å². The lowest BCUT2D eigenvalue weighted by atomic mass is 9.44. The van der Waals surface area contributed by atoms with Crippen molar-refractivity contribution in [1.82, 2.24) is 14.1 Å². The largest absolute Gasteiger partial charge is 0.456 e. The van der Waals surface area contributed by atoms with Crippen LogP contribution in [0.2, 0.25) is 0 Å². The van der Waals surface area contributed by atoms with Crippen molar-refractivity contribution in [1.29, 1.82) is 0 Å². The minimum absolute atomic E-state index is 0.00631. The van der Waals surface area contributed by atoms with Crippen molar-refractivity contribution in [2.24, 2.45) is 0 Å². The molecule has 2 aliphatic heterocycles. The van der Waals surface area contributed by atoms with Crippen LogP contribution < -0.4 is 15.7 Å². The standard InChI is InChI=1S/C62H45BN4O/c1-61(2,3)37-24-26-39(27-25-37)67-53-32-47-41-21-13-15-23-56(41)68-57(47)33-46(53)42-28-29-43-45-30-49-44(40-20-12-14-22-48(40)62(49,4)5)31-52(45)66-54-35-55-51(34-50(54)63(67)58(42)59(43)66)64-60(36-16-8-6-9-17-36)65(55)38-18-10-7-11-19-38/h6-35H,1-5H3. The number of rotatable bonds is 3. The molecule has 0 bridgehead atoms. The second-order valence-corrected chi connectivity index (χ2v) is 20.7. The smallest absolute Gasteiger partial charge is 0.333 e. The van der Waals surface area contributed by atoms with Crippen molar-refractivity contribution in [2.75, 3.05) is 4.81 Å². The molecule has 9 aromatic carbocycles. The number of hydrogen-bond donors (Lipinski definition) is 0. The average molecular weight is 873 g/mol. The third kappa shape index (κ3) is 4.94. The molecule has 0 saturated heterocycles. The first-order chi connectivity index (χ1) is 33.1. The van der Waals surface area contributed by atoms with E-state index in [1.165, 1.54) is 77.4 Å². The molecule has 0 radical (unpaired) electrons. The maximum Gasteiger partial charge on any atom is 0.333 e. The summed E-state index contributed by atoms with van der Waals surface area (Å²) in [6.07, 6.45) is 0. The van der Waals surface area contributed by atoms with Gasteiger partial charge in [-0.15, -0.1) is 0 Å². The van der Waals surface area contributed by atoms with Gasteiger partial charge in [0.25, 0.3) is 0 Å². The lowest BCUT2D eigenvalue weighted by Gasteiger charge is -2.42. The molecule has 0 atom stereocenters. The Kier molecular flexibility index (Phi) is 7.32. The molecule has 0 unspecified atom stereocenters. The van der Waals surface area contributed by atoms with E-state index in [4.69, 9.17) is 9.40 Å². The molecule has 12 aromatic rings. The summed E-state index contributed by atoms with van der Waals surface area (Å²) in [6.45, 7) is 11.5. The number of para-hydroxylation sites is 2. The number of aromatic nitrogens is 3. The fourth-order valence-electron chi connectivity index (χ4n) is 12.4. The molecule has 322 valence electrons. The summed E-state index contributed by atoms with van der Waals surface area (Å²) in [5, 5.41) is 4.78. The highest BCUT2D eigenvalue weighted by molar-refractivity contribution is 6.94. The Morgan fingerprint density at radius 2 is 1.26 bits per heavy atom. The zero-order valence-corrected chi connectivity index (χ0v) is 38.6. The molecule has 5 nitrogen and oxygen atoms in total. The third-order valence-corrected chi connectivity index (χ3v) is 15.6. The predicted molar refractivity (Wildman–Crippen MR) is 283 cm³/mol. The predicted octanol–water partition coefficient (Wildman–Crippen LogP) is 14.5. The molecule has 0 fully saturated rings. The highest BCUT2D eigenvalue weighted by atomic mass is 16.3. The Labute approximate surface area is 394 Å². The Morgan fingerprint density at radius 1 is 0.515 bits per heavy atom. The maximum atomic E-state index is 6.68. The minimum Gasteiger partial charge on any atom is -0.456 e. The number of imidazole rings is 1. The van der Waals surface area contributed by atoms with E-state index in [9.17, 15) is 0 Å². The van der Waals surface area contributed by atoms with Crippen LogP contribution in [0.1, 0.15) is 51.3 Å². The van der Waals surface area contributed by atoms with E-state index in [1.54, 1.807) is 0 Å². The van der Waals surface area contributed by atoms with Crippen molar-refractivity contribution < 1.29 is 4.42 Å². The number of furan rings is 1. The van der Waals surface area contributed by atoms with E-state index in [0.717, 1.165) is 61.4 Å². The van der Waals surface area contributed by atoms with Gasteiger partial charge in [-0.3, -0.25) is 4.57 Å². The second kappa shape index (κ2) is 13.1. The number of anilines is 2. The van der Waals surface area contributed by atoms with Crippen molar-refractivity contribution in [2.45, 2.75) is 45.4 Å². The molecule has 68 heavy (non-hydrogen) atoms. The van der Waals surface area contributed by atoms with Crippen LogP contribution >= 0.6 is 0 Å². The Morgan fingerprint density at radius 3 is 2.07 bits per heavy atom. The van der Waals surface area contributed by atoms with Gasteiger partial charge in [0.2, 0.25) is 0 Å². The molecule has 0 saturated carbocycles. The lowest BCUT2D eigenvalue weighted by Crippen LogP contribution is -2.60. The lowest BCUT2D eigenvalue weighted by molar-refractivity contribution is 0.590. The van der Waals surface area contributed by atoms with E-state index < -0.39 is 0 Å². The quantitative estimate of drug-likeness (QED) is 0.166. The summed E-state index contributed by atoms with van der Waals surface area (Å²) in [5.41, 5.74) is 23.4. The highest BCUT2D eigenvalue weighted by Crippen LogP contribution is 2.53.